The Balaban J connectivity index is 1.63. The highest BCUT2D eigenvalue weighted by Gasteiger charge is 2.34. The first-order valence-corrected chi connectivity index (χ1v) is 9.11. The maximum Gasteiger partial charge on any atom is 0.251 e. The van der Waals surface area contributed by atoms with Crippen LogP contribution >= 0.6 is 0 Å². The van der Waals surface area contributed by atoms with Crippen molar-refractivity contribution in [1.29, 1.82) is 0 Å². The Morgan fingerprint density at radius 3 is 2.40 bits per heavy atom. The minimum Gasteiger partial charge on any atom is -0.381 e. The Morgan fingerprint density at radius 1 is 1.12 bits per heavy atom. The number of nitrogens with two attached hydrogens (primary N) is 1. The van der Waals surface area contributed by atoms with Gasteiger partial charge >= 0.3 is 0 Å². The molecule has 0 spiro atoms. The predicted octanol–water partition coefficient (Wildman–Crippen LogP) is 0.481. The Bertz CT molecular complexity index is 599. The molecule has 5 N–H and O–H groups in total. The van der Waals surface area contributed by atoms with Crippen molar-refractivity contribution in [2.45, 2.75) is 62.8 Å². The van der Waals surface area contributed by atoms with Crippen molar-refractivity contribution in [2.75, 3.05) is 0 Å². The van der Waals surface area contributed by atoms with E-state index < -0.39 is 24.1 Å². The van der Waals surface area contributed by atoms with Crippen LogP contribution in [0.25, 0.3) is 0 Å². The molecular weight excluding hydrogens is 318 g/mol. The second-order valence-electron chi connectivity index (χ2n) is 7.32. The van der Waals surface area contributed by atoms with Crippen molar-refractivity contribution in [3.8, 4) is 0 Å². The number of hydrogen-bond acceptors (Lipinski definition) is 4. The highest BCUT2D eigenvalue weighted by molar-refractivity contribution is 5.85. The molecule has 0 bridgehead atoms. The first kappa shape index (κ1) is 17.9. The van der Waals surface area contributed by atoms with Gasteiger partial charge in [-0.1, -0.05) is 43.2 Å². The molecule has 6 nitrogen and oxygen atoms in total. The molecule has 2 amide bonds. The van der Waals surface area contributed by atoms with E-state index in [1.807, 2.05) is 30.3 Å². The van der Waals surface area contributed by atoms with E-state index in [2.05, 4.69) is 10.6 Å². The monoisotopic (exact) mass is 345 g/mol. The number of nitrogens with one attached hydrogen (secondary N) is 2. The zero-order valence-electron chi connectivity index (χ0n) is 14.4. The van der Waals surface area contributed by atoms with E-state index in [0.29, 0.717) is 18.8 Å². The Labute approximate surface area is 148 Å². The molecule has 0 aromatic heterocycles. The van der Waals surface area contributed by atoms with Crippen LogP contribution in [-0.2, 0) is 16.0 Å². The van der Waals surface area contributed by atoms with Crippen LogP contribution in [0, 0.1) is 5.92 Å². The quantitative estimate of drug-likeness (QED) is 0.522. The van der Waals surface area contributed by atoms with Crippen LogP contribution in [0.2, 0.25) is 0 Å². The summed E-state index contributed by atoms with van der Waals surface area (Å²) in [5.41, 5.74) is 6.92. The average Bonchev–Trinajstić information content (AvgIpc) is 3.51. The number of aliphatic hydroxyl groups is 1. The van der Waals surface area contributed by atoms with Gasteiger partial charge in [0.2, 0.25) is 5.91 Å². The first-order chi connectivity index (χ1) is 12.0. The molecule has 0 aliphatic heterocycles. The van der Waals surface area contributed by atoms with E-state index in [0.717, 1.165) is 31.2 Å². The molecule has 2 unspecified atom stereocenters. The zero-order chi connectivity index (χ0) is 17.8. The molecule has 2 aliphatic rings. The molecule has 0 radical (unpaired) electrons. The van der Waals surface area contributed by atoms with Gasteiger partial charge in [0.05, 0.1) is 12.1 Å². The van der Waals surface area contributed by atoms with Crippen molar-refractivity contribution in [3.63, 3.8) is 0 Å². The predicted molar refractivity (Wildman–Crippen MR) is 94.6 cm³/mol. The second-order valence-corrected chi connectivity index (χ2v) is 7.32. The fourth-order valence-corrected chi connectivity index (χ4v) is 2.92. The van der Waals surface area contributed by atoms with Gasteiger partial charge in [-0.15, -0.1) is 0 Å². The van der Waals surface area contributed by atoms with Crippen LogP contribution in [0.5, 0.6) is 0 Å². The minimum absolute atomic E-state index is 0.160. The molecule has 0 heterocycles. The molecule has 0 saturated heterocycles. The second kappa shape index (κ2) is 7.97. The summed E-state index contributed by atoms with van der Waals surface area (Å²) in [4.78, 5) is 24.6. The van der Waals surface area contributed by atoms with Crippen molar-refractivity contribution in [3.05, 3.63) is 35.9 Å². The van der Waals surface area contributed by atoms with Crippen molar-refractivity contribution >= 4 is 11.8 Å². The molecule has 2 aliphatic carbocycles. The normalized spacial score (nSPS) is 20.4. The third-order valence-corrected chi connectivity index (χ3v) is 4.82. The number of hydrogen-bond donors (Lipinski definition) is 4. The summed E-state index contributed by atoms with van der Waals surface area (Å²) in [7, 11) is 0. The summed E-state index contributed by atoms with van der Waals surface area (Å²) in [6.07, 6.45) is 3.89. The lowest BCUT2D eigenvalue weighted by Crippen LogP contribution is -2.55. The SMILES string of the molecule is N[C@@H](CC1CC1)C(=O)NC(Cc1ccccc1)C(O)C(=O)NC1CC1. The van der Waals surface area contributed by atoms with E-state index in [-0.39, 0.29) is 11.9 Å². The average molecular weight is 345 g/mol. The standard InChI is InChI=1S/C19H27N3O3/c20-15(10-13-6-7-13)18(24)22-16(11-12-4-2-1-3-5-12)17(23)19(25)21-14-8-9-14/h1-5,13-17,23H,6-11,20H2,(H,21,25)(H,22,24)/t15-,16?,17?/m0/s1. The molecule has 2 saturated carbocycles. The van der Waals surface area contributed by atoms with E-state index >= 15 is 0 Å². The highest BCUT2D eigenvalue weighted by Crippen LogP contribution is 2.33. The topological polar surface area (TPSA) is 104 Å². The minimum atomic E-state index is -1.29. The number of carbonyl (C=O) groups excluding carboxylic acids is 2. The summed E-state index contributed by atoms with van der Waals surface area (Å²) >= 11 is 0. The van der Waals surface area contributed by atoms with Gasteiger partial charge in [-0.05, 0) is 37.2 Å². The largest absolute Gasteiger partial charge is 0.381 e. The molecule has 3 atom stereocenters. The van der Waals surface area contributed by atoms with Gasteiger partial charge < -0.3 is 21.5 Å². The third-order valence-electron chi connectivity index (χ3n) is 4.82. The Kier molecular flexibility index (Phi) is 5.71. The summed E-state index contributed by atoms with van der Waals surface area (Å²) in [5, 5.41) is 16.1. The van der Waals surface area contributed by atoms with Gasteiger partial charge in [0.1, 0.15) is 0 Å². The highest BCUT2D eigenvalue weighted by atomic mass is 16.3. The molecule has 136 valence electrons. The maximum absolute atomic E-state index is 12.4. The molecule has 1 aromatic carbocycles. The van der Waals surface area contributed by atoms with E-state index in [4.69, 9.17) is 5.73 Å². The fraction of sp³-hybridized carbons (Fsp3) is 0.579. The van der Waals surface area contributed by atoms with Gasteiger partial charge in [0.25, 0.3) is 5.91 Å². The fourth-order valence-electron chi connectivity index (χ4n) is 2.92. The Morgan fingerprint density at radius 2 is 1.80 bits per heavy atom. The van der Waals surface area contributed by atoms with E-state index in [9.17, 15) is 14.7 Å². The van der Waals surface area contributed by atoms with Crippen LogP contribution in [0.1, 0.15) is 37.7 Å². The maximum atomic E-state index is 12.4. The van der Waals surface area contributed by atoms with Gasteiger partial charge in [0.15, 0.2) is 6.10 Å². The number of rotatable bonds is 9. The van der Waals surface area contributed by atoms with Gasteiger partial charge in [-0.25, -0.2) is 0 Å². The number of aliphatic hydroxyl groups excluding tert-OH is 1. The van der Waals surface area contributed by atoms with Crippen LogP contribution in [-0.4, -0.2) is 41.2 Å². The number of carbonyl (C=O) groups is 2. The van der Waals surface area contributed by atoms with Crippen LogP contribution in [0.3, 0.4) is 0 Å². The summed E-state index contributed by atoms with van der Waals surface area (Å²) in [6, 6.07) is 8.38. The zero-order valence-corrected chi connectivity index (χ0v) is 14.4. The van der Waals surface area contributed by atoms with Gasteiger partial charge in [-0.3, -0.25) is 9.59 Å². The number of benzene rings is 1. The summed E-state index contributed by atoms with van der Waals surface area (Å²) in [5.74, 6) is -0.193. The van der Waals surface area contributed by atoms with Crippen molar-refractivity contribution in [1.82, 2.24) is 10.6 Å². The molecule has 25 heavy (non-hydrogen) atoms. The molecule has 2 fully saturated rings. The van der Waals surface area contributed by atoms with Crippen molar-refractivity contribution in [2.24, 2.45) is 11.7 Å². The van der Waals surface area contributed by atoms with Crippen LogP contribution < -0.4 is 16.4 Å². The van der Waals surface area contributed by atoms with E-state index in [1.165, 1.54) is 0 Å². The van der Waals surface area contributed by atoms with Crippen LogP contribution in [0.4, 0.5) is 0 Å². The lowest BCUT2D eigenvalue weighted by Gasteiger charge is -2.25. The van der Waals surface area contributed by atoms with Crippen LogP contribution in [0.15, 0.2) is 30.3 Å². The molecular formula is C19H27N3O3. The third kappa shape index (κ3) is 5.54. The summed E-state index contributed by atoms with van der Waals surface area (Å²) in [6.45, 7) is 0. The first-order valence-electron chi connectivity index (χ1n) is 9.11. The Hall–Kier alpha value is -1.92. The lowest BCUT2D eigenvalue weighted by molar-refractivity contribution is -0.132. The van der Waals surface area contributed by atoms with Gasteiger partial charge in [0, 0.05) is 6.04 Å². The van der Waals surface area contributed by atoms with E-state index in [1.54, 1.807) is 0 Å². The molecule has 3 rings (SSSR count). The van der Waals surface area contributed by atoms with Gasteiger partial charge in [-0.2, -0.15) is 0 Å². The lowest BCUT2D eigenvalue weighted by atomic mass is 9.99. The molecule has 6 heteroatoms. The summed E-state index contributed by atoms with van der Waals surface area (Å²) < 4.78 is 0. The van der Waals surface area contributed by atoms with Crippen molar-refractivity contribution < 1.29 is 14.7 Å². The number of amides is 2. The molecule has 1 aromatic rings. The smallest absolute Gasteiger partial charge is 0.251 e.